The Morgan fingerprint density at radius 3 is 2.59 bits per heavy atom. The molecule has 200 valence electrons. The minimum absolute atomic E-state index is 0.0178. The molecule has 11 nitrogen and oxygen atoms in total. The molecular formula is C25H21F3N8O3. The van der Waals surface area contributed by atoms with E-state index < -0.39 is 11.7 Å². The molecule has 0 spiro atoms. The molecule has 39 heavy (non-hydrogen) atoms. The Morgan fingerprint density at radius 2 is 1.82 bits per heavy atom. The quantitative estimate of drug-likeness (QED) is 0.374. The molecule has 1 aromatic carbocycles. The van der Waals surface area contributed by atoms with Gasteiger partial charge in [0.15, 0.2) is 5.76 Å². The van der Waals surface area contributed by atoms with Gasteiger partial charge in [0.1, 0.15) is 5.52 Å². The normalized spacial score (nSPS) is 14.4. The maximum Gasteiger partial charge on any atom is 0.417 e. The fraction of sp³-hybridized carbons (Fsp3) is 0.240. The molecule has 0 unspecified atom stereocenters. The van der Waals surface area contributed by atoms with Crippen molar-refractivity contribution in [3.05, 3.63) is 82.2 Å². The van der Waals surface area contributed by atoms with Gasteiger partial charge in [-0.1, -0.05) is 18.2 Å². The van der Waals surface area contributed by atoms with Crippen LogP contribution in [-0.4, -0.2) is 66.3 Å². The van der Waals surface area contributed by atoms with E-state index in [9.17, 15) is 22.8 Å². The second kappa shape index (κ2) is 9.15. The van der Waals surface area contributed by atoms with Crippen molar-refractivity contribution in [2.75, 3.05) is 31.1 Å². The molecule has 14 heteroatoms. The third kappa shape index (κ3) is 4.32. The Bertz CT molecular complexity index is 1740. The predicted octanol–water partition coefficient (Wildman–Crippen LogP) is 3.15. The number of alkyl halides is 3. The molecule has 6 rings (SSSR count). The minimum atomic E-state index is -4.53. The molecule has 5 heterocycles. The van der Waals surface area contributed by atoms with Crippen molar-refractivity contribution in [3.8, 4) is 17.3 Å². The number of hydrogen-bond acceptors (Lipinski definition) is 7. The second-order valence-corrected chi connectivity index (χ2v) is 9.00. The summed E-state index contributed by atoms with van der Waals surface area (Å²) in [5.41, 5.74) is 0.0444. The van der Waals surface area contributed by atoms with E-state index in [0.29, 0.717) is 43.0 Å². The average Bonchev–Trinajstić information content (AvgIpc) is 3.68. The zero-order valence-electron chi connectivity index (χ0n) is 20.5. The van der Waals surface area contributed by atoms with Gasteiger partial charge in [-0.25, -0.2) is 14.2 Å². The van der Waals surface area contributed by atoms with Crippen LogP contribution in [0.15, 0.2) is 64.2 Å². The number of aromatic amines is 1. The lowest BCUT2D eigenvalue weighted by Gasteiger charge is -2.33. The van der Waals surface area contributed by atoms with Crippen LogP contribution in [0.2, 0.25) is 0 Å². The maximum atomic E-state index is 13.4. The first-order chi connectivity index (χ1) is 18.7. The molecule has 0 saturated carbocycles. The van der Waals surface area contributed by atoms with Crippen molar-refractivity contribution in [2.45, 2.75) is 13.1 Å². The molecule has 1 aliphatic heterocycles. The van der Waals surface area contributed by atoms with E-state index in [1.54, 1.807) is 35.1 Å². The van der Waals surface area contributed by atoms with E-state index in [1.807, 2.05) is 0 Å². The van der Waals surface area contributed by atoms with Gasteiger partial charge in [0.25, 0.3) is 17.5 Å². The van der Waals surface area contributed by atoms with Crippen molar-refractivity contribution < 1.29 is 22.4 Å². The fourth-order valence-corrected chi connectivity index (χ4v) is 4.61. The van der Waals surface area contributed by atoms with Crippen LogP contribution in [0.3, 0.4) is 0 Å². The van der Waals surface area contributed by atoms with Crippen LogP contribution in [-0.2, 0) is 6.18 Å². The SMILES string of the molecule is Cc1c(C(=O)N2CCN(c3ncc(-c4ccccc4C(F)(F)F)o3)CC2)cnn1-c1nn2cccc2c(=O)[nH]1. The molecule has 5 aromatic rings. The van der Waals surface area contributed by atoms with Crippen molar-refractivity contribution in [3.63, 3.8) is 0 Å². The van der Waals surface area contributed by atoms with E-state index in [1.165, 1.54) is 39.8 Å². The number of nitrogens with zero attached hydrogens (tertiary/aromatic N) is 7. The number of H-pyrrole nitrogens is 1. The van der Waals surface area contributed by atoms with E-state index >= 15 is 0 Å². The molecule has 1 aliphatic rings. The minimum Gasteiger partial charge on any atom is -0.423 e. The Labute approximate surface area is 218 Å². The number of fused-ring (bicyclic) bond motifs is 1. The standard InChI is InChI=1S/C25H21F3N8O3/c1-15-17(13-30-36(15)23-31-21(37)19-7-4-8-35(19)32-23)22(38)33-9-11-34(12-10-33)24-29-14-20(39-24)16-5-2-3-6-18(16)25(26,27)28/h2-8,13-14H,9-12H2,1H3,(H,31,32,37). The van der Waals surface area contributed by atoms with Gasteiger partial charge in [0, 0.05) is 37.9 Å². The van der Waals surface area contributed by atoms with Gasteiger partial charge < -0.3 is 14.2 Å². The monoisotopic (exact) mass is 538 g/mol. The summed E-state index contributed by atoms with van der Waals surface area (Å²) in [6.07, 6.45) is -0.173. The van der Waals surface area contributed by atoms with E-state index in [2.05, 4.69) is 20.2 Å². The summed E-state index contributed by atoms with van der Waals surface area (Å²) in [5, 5.41) is 8.61. The second-order valence-electron chi connectivity index (χ2n) is 9.00. The third-order valence-electron chi connectivity index (χ3n) is 6.66. The fourth-order valence-electron chi connectivity index (χ4n) is 4.61. The number of carbonyl (C=O) groups excluding carboxylic acids is 1. The lowest BCUT2D eigenvalue weighted by molar-refractivity contribution is -0.137. The number of benzene rings is 1. The van der Waals surface area contributed by atoms with Gasteiger partial charge in [-0.15, -0.1) is 5.10 Å². The molecule has 4 aromatic heterocycles. The van der Waals surface area contributed by atoms with Gasteiger partial charge in [-0.05, 0) is 25.1 Å². The molecule has 1 amide bonds. The Morgan fingerprint density at radius 1 is 1.05 bits per heavy atom. The van der Waals surface area contributed by atoms with Crippen LogP contribution in [0.4, 0.5) is 19.2 Å². The summed E-state index contributed by atoms with van der Waals surface area (Å²) in [7, 11) is 0. The topological polar surface area (TPSA) is 118 Å². The van der Waals surface area contributed by atoms with E-state index in [-0.39, 0.29) is 34.8 Å². The number of halogens is 3. The highest BCUT2D eigenvalue weighted by Crippen LogP contribution is 2.38. The van der Waals surface area contributed by atoms with Gasteiger partial charge in [-0.3, -0.25) is 14.6 Å². The number of carbonyl (C=O) groups is 1. The van der Waals surface area contributed by atoms with E-state index in [0.717, 1.165) is 6.07 Å². The lowest BCUT2D eigenvalue weighted by atomic mass is 10.1. The number of oxazole rings is 1. The van der Waals surface area contributed by atoms with Gasteiger partial charge in [-0.2, -0.15) is 18.3 Å². The Hall–Kier alpha value is -4.88. The molecule has 0 bridgehead atoms. The summed E-state index contributed by atoms with van der Waals surface area (Å²) in [6, 6.07) is 8.70. The molecule has 0 atom stereocenters. The first-order valence-electron chi connectivity index (χ1n) is 12.0. The first kappa shape index (κ1) is 24.5. The van der Waals surface area contributed by atoms with Crippen molar-refractivity contribution in [1.82, 2.24) is 34.3 Å². The molecular weight excluding hydrogens is 517 g/mol. The highest BCUT2D eigenvalue weighted by Gasteiger charge is 2.34. The average molecular weight is 538 g/mol. The molecule has 1 saturated heterocycles. The van der Waals surface area contributed by atoms with Crippen LogP contribution in [0.25, 0.3) is 22.8 Å². The number of nitrogens with one attached hydrogen (secondary N) is 1. The predicted molar refractivity (Wildman–Crippen MR) is 133 cm³/mol. The van der Waals surface area contributed by atoms with Crippen molar-refractivity contribution >= 4 is 17.4 Å². The summed E-state index contributed by atoms with van der Waals surface area (Å²) in [4.78, 5) is 35.9. The molecule has 1 N–H and O–H groups in total. The summed E-state index contributed by atoms with van der Waals surface area (Å²) < 4.78 is 48.8. The number of hydrogen-bond donors (Lipinski definition) is 1. The van der Waals surface area contributed by atoms with Crippen LogP contribution >= 0.6 is 0 Å². The smallest absolute Gasteiger partial charge is 0.417 e. The number of rotatable bonds is 4. The van der Waals surface area contributed by atoms with Crippen LogP contribution < -0.4 is 10.5 Å². The summed E-state index contributed by atoms with van der Waals surface area (Å²) >= 11 is 0. The highest BCUT2D eigenvalue weighted by molar-refractivity contribution is 5.95. The van der Waals surface area contributed by atoms with Gasteiger partial charge >= 0.3 is 6.18 Å². The van der Waals surface area contributed by atoms with E-state index in [4.69, 9.17) is 4.42 Å². The third-order valence-corrected chi connectivity index (χ3v) is 6.66. The van der Waals surface area contributed by atoms with Gasteiger partial charge in [0.05, 0.1) is 29.2 Å². The molecule has 1 fully saturated rings. The number of aromatic nitrogens is 6. The van der Waals surface area contributed by atoms with Crippen molar-refractivity contribution in [1.29, 1.82) is 0 Å². The number of amides is 1. The summed E-state index contributed by atoms with van der Waals surface area (Å²) in [6.45, 7) is 3.14. The number of anilines is 1. The van der Waals surface area contributed by atoms with Crippen LogP contribution in [0, 0.1) is 6.92 Å². The highest BCUT2D eigenvalue weighted by atomic mass is 19.4. The maximum absolute atomic E-state index is 13.4. The number of piperazine rings is 1. The molecule has 0 aliphatic carbocycles. The lowest BCUT2D eigenvalue weighted by Crippen LogP contribution is -2.49. The van der Waals surface area contributed by atoms with Gasteiger partial charge in [0.2, 0.25) is 5.95 Å². The van der Waals surface area contributed by atoms with Crippen LogP contribution in [0.1, 0.15) is 21.6 Å². The Kier molecular flexibility index (Phi) is 5.74. The summed E-state index contributed by atoms with van der Waals surface area (Å²) in [5.74, 6) is -0.0453. The zero-order valence-corrected chi connectivity index (χ0v) is 20.5. The van der Waals surface area contributed by atoms with Crippen molar-refractivity contribution in [2.24, 2.45) is 0 Å². The largest absolute Gasteiger partial charge is 0.423 e. The Balaban J connectivity index is 1.16. The molecule has 0 radical (unpaired) electrons. The van der Waals surface area contributed by atoms with Crippen LogP contribution in [0.5, 0.6) is 0 Å². The zero-order chi connectivity index (χ0) is 27.3. The first-order valence-corrected chi connectivity index (χ1v) is 12.0.